The lowest BCUT2D eigenvalue weighted by Crippen LogP contribution is -2.23. The van der Waals surface area contributed by atoms with Gasteiger partial charge in [0.2, 0.25) is 5.91 Å². The molecule has 0 spiro atoms. The number of phenols is 1. The highest BCUT2D eigenvalue weighted by Crippen LogP contribution is 2.34. The predicted molar refractivity (Wildman–Crippen MR) is 83.4 cm³/mol. The van der Waals surface area contributed by atoms with Gasteiger partial charge in [0.15, 0.2) is 5.75 Å². The van der Waals surface area contributed by atoms with Crippen molar-refractivity contribution in [2.24, 2.45) is 17.6 Å². The van der Waals surface area contributed by atoms with E-state index in [1.165, 1.54) is 12.1 Å². The summed E-state index contributed by atoms with van der Waals surface area (Å²) in [5, 5.41) is 12.4. The van der Waals surface area contributed by atoms with Gasteiger partial charge in [-0.15, -0.1) is 0 Å². The van der Waals surface area contributed by atoms with Gasteiger partial charge in [0, 0.05) is 12.1 Å². The first-order valence-corrected chi connectivity index (χ1v) is 7.27. The van der Waals surface area contributed by atoms with Crippen molar-refractivity contribution in [3.8, 4) is 5.75 Å². The third-order valence-electron chi connectivity index (χ3n) is 2.91. The van der Waals surface area contributed by atoms with Crippen LogP contribution in [0.5, 0.6) is 5.75 Å². The number of hydrogen-bond acceptors (Lipinski definition) is 3. The molecule has 0 aliphatic rings. The largest absolute Gasteiger partial charge is 0.505 e. The van der Waals surface area contributed by atoms with Gasteiger partial charge in [0.25, 0.3) is 0 Å². The van der Waals surface area contributed by atoms with Crippen LogP contribution < -0.4 is 11.1 Å². The number of phenolic OH excluding ortho intramolecular Hbond substituents is 1. The van der Waals surface area contributed by atoms with Crippen LogP contribution in [0.2, 0.25) is 10.0 Å². The summed E-state index contributed by atoms with van der Waals surface area (Å²) in [6.07, 6.45) is 1.26. The van der Waals surface area contributed by atoms with Gasteiger partial charge < -0.3 is 16.2 Å². The highest BCUT2D eigenvalue weighted by atomic mass is 35.5. The lowest BCUT2D eigenvalue weighted by atomic mass is 9.94. The Kier molecular flexibility index (Phi) is 6.59. The first-order chi connectivity index (χ1) is 9.33. The third-order valence-corrected chi connectivity index (χ3v) is 3.49. The van der Waals surface area contributed by atoms with Crippen molar-refractivity contribution in [2.75, 3.05) is 11.9 Å². The lowest BCUT2D eigenvalue weighted by Gasteiger charge is -2.16. The van der Waals surface area contributed by atoms with E-state index in [1.54, 1.807) is 0 Å². The van der Waals surface area contributed by atoms with Crippen molar-refractivity contribution in [1.82, 2.24) is 0 Å². The zero-order chi connectivity index (χ0) is 15.3. The molecule has 1 aromatic carbocycles. The number of anilines is 1. The number of halogens is 2. The van der Waals surface area contributed by atoms with Gasteiger partial charge >= 0.3 is 0 Å². The molecule has 0 aromatic heterocycles. The molecule has 0 aliphatic heterocycles. The summed E-state index contributed by atoms with van der Waals surface area (Å²) in [4.78, 5) is 12.0. The van der Waals surface area contributed by atoms with Crippen LogP contribution >= 0.6 is 23.2 Å². The Bertz CT molecular complexity index is 455. The minimum absolute atomic E-state index is 0.102. The molecule has 0 heterocycles. The Morgan fingerprint density at radius 2 is 1.90 bits per heavy atom. The second-order valence-electron chi connectivity index (χ2n) is 5.27. The molecule has 1 atom stereocenters. The Morgan fingerprint density at radius 3 is 2.35 bits per heavy atom. The second-order valence-corrected chi connectivity index (χ2v) is 6.09. The summed E-state index contributed by atoms with van der Waals surface area (Å²) in [5.41, 5.74) is 6.14. The molecule has 112 valence electrons. The van der Waals surface area contributed by atoms with Gasteiger partial charge in [-0.1, -0.05) is 37.0 Å². The average Bonchev–Trinajstić information content (AvgIpc) is 2.34. The number of carbonyl (C=O) groups is 1. The molecule has 1 rings (SSSR count). The van der Waals surface area contributed by atoms with Crippen LogP contribution in [-0.2, 0) is 4.79 Å². The molecule has 20 heavy (non-hydrogen) atoms. The number of benzene rings is 1. The topological polar surface area (TPSA) is 75.4 Å². The Morgan fingerprint density at radius 1 is 1.35 bits per heavy atom. The summed E-state index contributed by atoms with van der Waals surface area (Å²) < 4.78 is 0. The van der Waals surface area contributed by atoms with Gasteiger partial charge in [-0.05, 0) is 36.9 Å². The molecule has 0 saturated carbocycles. The van der Waals surface area contributed by atoms with Crippen LogP contribution in [0.25, 0.3) is 0 Å². The zero-order valence-corrected chi connectivity index (χ0v) is 13.1. The highest BCUT2D eigenvalue weighted by molar-refractivity contribution is 6.37. The van der Waals surface area contributed by atoms with Crippen LogP contribution in [0.15, 0.2) is 12.1 Å². The van der Waals surface area contributed by atoms with E-state index >= 15 is 0 Å². The molecule has 1 aromatic rings. The first-order valence-electron chi connectivity index (χ1n) is 6.51. The van der Waals surface area contributed by atoms with Gasteiger partial charge in [0.1, 0.15) is 0 Å². The fourth-order valence-electron chi connectivity index (χ4n) is 2.04. The summed E-state index contributed by atoms with van der Waals surface area (Å²) in [5.74, 6) is 0.317. The fraction of sp³-hybridized carbons (Fsp3) is 0.500. The summed E-state index contributed by atoms with van der Waals surface area (Å²) in [7, 11) is 0. The van der Waals surface area contributed by atoms with Crippen molar-refractivity contribution < 1.29 is 9.90 Å². The molecule has 4 nitrogen and oxygen atoms in total. The quantitative estimate of drug-likeness (QED) is 0.701. The van der Waals surface area contributed by atoms with E-state index in [4.69, 9.17) is 28.9 Å². The molecule has 0 bridgehead atoms. The maximum Gasteiger partial charge on any atom is 0.224 e. The molecule has 6 heteroatoms. The van der Waals surface area contributed by atoms with Crippen molar-refractivity contribution >= 4 is 34.8 Å². The number of aromatic hydroxyl groups is 1. The van der Waals surface area contributed by atoms with Crippen LogP contribution in [0.1, 0.15) is 26.7 Å². The summed E-state index contributed by atoms with van der Waals surface area (Å²) in [6, 6.07) is 2.92. The standard InChI is InChI=1S/C14H20Cl2N2O2/c1-8(2)3-9(7-17)4-13(19)18-10-5-11(15)14(20)12(16)6-10/h5-6,8-9,20H,3-4,7,17H2,1-2H3,(H,18,19)/t9-/m0/s1. The van der Waals surface area contributed by atoms with Crippen LogP contribution in [0.4, 0.5) is 5.69 Å². The molecular weight excluding hydrogens is 299 g/mol. The first kappa shape index (κ1) is 17.1. The third kappa shape index (κ3) is 5.19. The molecule has 1 amide bonds. The van der Waals surface area contributed by atoms with Crippen molar-refractivity contribution in [2.45, 2.75) is 26.7 Å². The monoisotopic (exact) mass is 318 g/mol. The number of nitrogens with one attached hydrogen (secondary N) is 1. The maximum atomic E-state index is 12.0. The molecular formula is C14H20Cl2N2O2. The number of nitrogens with two attached hydrogens (primary N) is 1. The van der Waals surface area contributed by atoms with E-state index in [9.17, 15) is 9.90 Å². The normalized spacial score (nSPS) is 12.5. The zero-order valence-electron chi connectivity index (χ0n) is 11.6. The van der Waals surface area contributed by atoms with E-state index in [1.807, 2.05) is 0 Å². The Hall–Kier alpha value is -0.970. The van der Waals surface area contributed by atoms with Gasteiger partial charge in [-0.3, -0.25) is 4.79 Å². The fourth-order valence-corrected chi connectivity index (χ4v) is 2.53. The minimum atomic E-state index is -0.189. The number of rotatable bonds is 6. The Labute approximate surface area is 129 Å². The molecule has 0 radical (unpaired) electrons. The van der Waals surface area contributed by atoms with Gasteiger partial charge in [0.05, 0.1) is 10.0 Å². The number of hydrogen-bond donors (Lipinski definition) is 3. The predicted octanol–water partition coefficient (Wildman–Crippen LogP) is 3.65. The average molecular weight is 319 g/mol. The Balaban J connectivity index is 2.66. The number of amides is 1. The van der Waals surface area contributed by atoms with Crippen molar-refractivity contribution in [1.29, 1.82) is 0 Å². The smallest absolute Gasteiger partial charge is 0.224 e. The SMILES string of the molecule is CC(C)C[C@H](CN)CC(=O)Nc1cc(Cl)c(O)c(Cl)c1. The van der Waals surface area contributed by atoms with Crippen molar-refractivity contribution in [3.05, 3.63) is 22.2 Å². The van der Waals surface area contributed by atoms with Crippen LogP contribution in [0.3, 0.4) is 0 Å². The molecule has 0 fully saturated rings. The van der Waals surface area contributed by atoms with Gasteiger partial charge in [-0.2, -0.15) is 0 Å². The molecule has 0 aliphatic carbocycles. The van der Waals surface area contributed by atoms with Crippen LogP contribution in [0, 0.1) is 11.8 Å². The summed E-state index contributed by atoms with van der Waals surface area (Å²) in [6.45, 7) is 4.67. The van der Waals surface area contributed by atoms with Gasteiger partial charge in [-0.25, -0.2) is 0 Å². The second kappa shape index (κ2) is 7.72. The van der Waals surface area contributed by atoms with E-state index in [2.05, 4.69) is 19.2 Å². The summed E-state index contributed by atoms with van der Waals surface area (Å²) >= 11 is 11.6. The lowest BCUT2D eigenvalue weighted by molar-refractivity contribution is -0.117. The highest BCUT2D eigenvalue weighted by Gasteiger charge is 2.15. The van der Waals surface area contributed by atoms with E-state index < -0.39 is 0 Å². The minimum Gasteiger partial charge on any atom is -0.505 e. The molecule has 0 saturated heterocycles. The maximum absolute atomic E-state index is 12.0. The van der Waals surface area contributed by atoms with E-state index in [0.29, 0.717) is 24.6 Å². The van der Waals surface area contributed by atoms with E-state index in [-0.39, 0.29) is 27.6 Å². The van der Waals surface area contributed by atoms with E-state index in [0.717, 1.165) is 6.42 Å². The number of carbonyl (C=O) groups excluding carboxylic acids is 1. The molecule has 0 unspecified atom stereocenters. The molecule has 4 N–H and O–H groups in total. The van der Waals surface area contributed by atoms with Crippen molar-refractivity contribution in [3.63, 3.8) is 0 Å². The van der Waals surface area contributed by atoms with Crippen LogP contribution in [-0.4, -0.2) is 17.6 Å².